The molecule has 1 saturated heterocycles. The van der Waals surface area contributed by atoms with E-state index in [9.17, 15) is 29.2 Å². The van der Waals surface area contributed by atoms with E-state index in [1.165, 1.54) is 6.20 Å². The van der Waals surface area contributed by atoms with Gasteiger partial charge in [-0.15, -0.1) is 0 Å². The number of imide groups is 2. The maximum atomic E-state index is 13.3. The van der Waals surface area contributed by atoms with Gasteiger partial charge in [-0.2, -0.15) is 15.0 Å². The van der Waals surface area contributed by atoms with Crippen molar-refractivity contribution in [2.45, 2.75) is 56.7 Å². The Labute approximate surface area is 332 Å². The van der Waals surface area contributed by atoms with Crippen LogP contribution in [0.25, 0.3) is 16.9 Å². The molecule has 4 N–H and O–H groups in total. The minimum Gasteiger partial charge on any atom is -0.382 e. The van der Waals surface area contributed by atoms with Crippen LogP contribution in [0.2, 0.25) is 0 Å². The molecule has 1 atom stereocenters. The molecule has 1 unspecified atom stereocenters. The summed E-state index contributed by atoms with van der Waals surface area (Å²) in [4.78, 5) is 73.4. The number of benzene rings is 1. The summed E-state index contributed by atoms with van der Waals surface area (Å²) >= 11 is 0. The molecular formula is C40H42N10O8. The Morgan fingerprint density at radius 2 is 1.69 bits per heavy atom. The molecule has 0 radical (unpaired) electrons. The highest BCUT2D eigenvalue weighted by molar-refractivity contribution is 6.25. The number of carbonyl (C=O) groups excluding carboxylic acids is 5. The smallest absolute Gasteiger partial charge is 0.264 e. The summed E-state index contributed by atoms with van der Waals surface area (Å²) in [7, 11) is 0. The van der Waals surface area contributed by atoms with Crippen LogP contribution >= 0.6 is 0 Å². The summed E-state index contributed by atoms with van der Waals surface area (Å²) in [5.74, 6) is -1.52. The average Bonchev–Trinajstić information content (AvgIpc) is 3.86. The van der Waals surface area contributed by atoms with E-state index in [4.69, 9.17) is 14.2 Å². The van der Waals surface area contributed by atoms with Gasteiger partial charge in [0.25, 0.3) is 17.7 Å². The fraction of sp³-hybridized carbons (Fsp3) is 0.425. The number of nitriles is 1. The van der Waals surface area contributed by atoms with Crippen molar-refractivity contribution >= 4 is 51.9 Å². The third kappa shape index (κ3) is 8.37. The molecule has 4 aliphatic rings. The molecule has 5 amide bonds. The van der Waals surface area contributed by atoms with Gasteiger partial charge in [0.1, 0.15) is 12.1 Å². The quantitative estimate of drug-likeness (QED) is 0.0838. The first-order valence-electron chi connectivity index (χ1n) is 19.4. The van der Waals surface area contributed by atoms with Crippen molar-refractivity contribution in [3.63, 3.8) is 0 Å². The van der Waals surface area contributed by atoms with Crippen LogP contribution < -0.4 is 21.3 Å². The first-order valence-corrected chi connectivity index (χ1v) is 19.4. The van der Waals surface area contributed by atoms with Crippen molar-refractivity contribution in [3.8, 4) is 11.9 Å². The Bertz CT molecular complexity index is 2300. The number of pyridine rings is 2. The molecule has 3 fully saturated rings. The first kappa shape index (κ1) is 38.6. The summed E-state index contributed by atoms with van der Waals surface area (Å²) in [5.41, 5.74) is 3.07. The molecular weight excluding hydrogens is 749 g/mol. The van der Waals surface area contributed by atoms with E-state index in [2.05, 4.69) is 42.4 Å². The van der Waals surface area contributed by atoms with Gasteiger partial charge in [0, 0.05) is 61.2 Å². The zero-order chi connectivity index (χ0) is 40.2. The number of carbonyl (C=O) groups is 5. The molecule has 0 bridgehead atoms. The number of hydrogen-bond acceptors (Lipinski definition) is 14. The van der Waals surface area contributed by atoms with Gasteiger partial charge in [0.05, 0.1) is 67.2 Å². The minimum absolute atomic E-state index is 0.0457. The number of amides is 5. The van der Waals surface area contributed by atoms with Crippen molar-refractivity contribution in [3.05, 3.63) is 71.2 Å². The lowest BCUT2D eigenvalue weighted by Crippen LogP contribution is -2.54. The highest BCUT2D eigenvalue weighted by atomic mass is 16.5. The normalized spacial score (nSPS) is 20.1. The predicted molar refractivity (Wildman–Crippen MR) is 206 cm³/mol. The SMILES string of the molecule is N#Cc1cnc2c(cnn2-c2cc(NC3CC3)c(C(=O)N[C@H]3C[C@H](COCCOCCOCCNc4cccc5c4C(=O)N(C4CCC(=O)NC4=O)C5=O)C3)cn2)c1. The molecule has 2 aliphatic carbocycles. The number of piperidine rings is 1. The lowest BCUT2D eigenvalue weighted by Gasteiger charge is -2.35. The molecule has 18 nitrogen and oxygen atoms in total. The molecule has 4 aromatic rings. The predicted octanol–water partition coefficient (Wildman–Crippen LogP) is 2.33. The van der Waals surface area contributed by atoms with Gasteiger partial charge in [0.15, 0.2) is 11.5 Å². The Balaban J connectivity index is 0.698. The third-order valence-corrected chi connectivity index (χ3v) is 10.5. The standard InChI is InChI=1S/C40H42N10O8/c41-18-24-14-25-20-45-50(36(25)44-19-24)33-17-31(46-26-4-5-26)29(21-43-33)37(52)47-27-15-23(16-27)22-58-13-12-57-11-10-56-9-8-42-30-3-1-2-28-35(30)40(55)49(39(28)54)32-6-7-34(51)48-38(32)53/h1-3,14,17,19-21,23,26-27,32,42H,4-13,15-16,22H2,(H,43,46)(H,47,52)(H,48,51,53)/t23-,27-,32?. The second-order valence-electron chi connectivity index (χ2n) is 14.7. The summed E-state index contributed by atoms with van der Waals surface area (Å²) in [6, 6.07) is 9.87. The highest BCUT2D eigenvalue weighted by Gasteiger charge is 2.45. The molecule has 2 aliphatic heterocycles. The van der Waals surface area contributed by atoms with E-state index < -0.39 is 29.7 Å². The number of ether oxygens (including phenoxy) is 3. The van der Waals surface area contributed by atoms with Crippen LogP contribution in [0, 0.1) is 17.2 Å². The summed E-state index contributed by atoms with van der Waals surface area (Å²) < 4.78 is 18.7. The fourth-order valence-electron chi connectivity index (χ4n) is 7.32. The molecule has 8 rings (SSSR count). The minimum atomic E-state index is -1.02. The van der Waals surface area contributed by atoms with Crippen LogP contribution in [0.4, 0.5) is 11.4 Å². The van der Waals surface area contributed by atoms with Crippen molar-refractivity contribution in [2.75, 3.05) is 56.8 Å². The van der Waals surface area contributed by atoms with Gasteiger partial charge in [-0.3, -0.25) is 34.2 Å². The van der Waals surface area contributed by atoms with E-state index >= 15 is 0 Å². The maximum absolute atomic E-state index is 13.3. The van der Waals surface area contributed by atoms with Crippen molar-refractivity contribution in [1.29, 1.82) is 5.26 Å². The summed E-state index contributed by atoms with van der Waals surface area (Å²) in [6.45, 7) is 2.86. The molecule has 1 aromatic carbocycles. The van der Waals surface area contributed by atoms with E-state index in [0.29, 0.717) is 92.1 Å². The largest absolute Gasteiger partial charge is 0.382 e. The fourth-order valence-corrected chi connectivity index (χ4v) is 7.32. The lowest BCUT2D eigenvalue weighted by atomic mass is 9.81. The summed E-state index contributed by atoms with van der Waals surface area (Å²) in [5, 5.41) is 26.3. The van der Waals surface area contributed by atoms with E-state index in [0.717, 1.165) is 36.0 Å². The topological polar surface area (TPSA) is 232 Å². The molecule has 2 saturated carbocycles. The van der Waals surface area contributed by atoms with Gasteiger partial charge >= 0.3 is 0 Å². The highest BCUT2D eigenvalue weighted by Crippen LogP contribution is 2.33. The van der Waals surface area contributed by atoms with Crippen LogP contribution in [-0.2, 0) is 23.8 Å². The van der Waals surface area contributed by atoms with Crippen molar-refractivity contribution in [1.82, 2.24) is 35.3 Å². The van der Waals surface area contributed by atoms with Gasteiger partial charge in [-0.05, 0) is 56.2 Å². The van der Waals surface area contributed by atoms with E-state index in [1.54, 1.807) is 41.3 Å². The van der Waals surface area contributed by atoms with Crippen LogP contribution in [-0.4, -0.2) is 118 Å². The zero-order valence-corrected chi connectivity index (χ0v) is 31.6. The maximum Gasteiger partial charge on any atom is 0.264 e. The molecule has 300 valence electrons. The number of nitrogens with one attached hydrogen (secondary N) is 4. The average molecular weight is 791 g/mol. The number of aromatic nitrogens is 4. The van der Waals surface area contributed by atoms with Crippen LogP contribution in [0.5, 0.6) is 0 Å². The monoisotopic (exact) mass is 790 g/mol. The zero-order valence-electron chi connectivity index (χ0n) is 31.6. The van der Waals surface area contributed by atoms with Gasteiger partial charge in [-0.25, -0.2) is 9.97 Å². The van der Waals surface area contributed by atoms with E-state index in [-0.39, 0.29) is 35.9 Å². The van der Waals surface area contributed by atoms with E-state index in [1.807, 2.05) is 6.07 Å². The van der Waals surface area contributed by atoms with Crippen LogP contribution in [0.15, 0.2) is 48.9 Å². The Hall–Kier alpha value is -6.29. The number of nitrogens with zero attached hydrogens (tertiary/aromatic N) is 6. The van der Waals surface area contributed by atoms with Crippen molar-refractivity contribution in [2.24, 2.45) is 5.92 Å². The van der Waals surface area contributed by atoms with Gasteiger partial charge in [0.2, 0.25) is 11.8 Å². The Morgan fingerprint density at radius 3 is 2.47 bits per heavy atom. The number of fused-ring (bicyclic) bond motifs is 2. The summed E-state index contributed by atoms with van der Waals surface area (Å²) in [6.07, 6.45) is 8.56. The van der Waals surface area contributed by atoms with Gasteiger partial charge in [-0.1, -0.05) is 6.07 Å². The van der Waals surface area contributed by atoms with Crippen molar-refractivity contribution < 1.29 is 38.2 Å². The third-order valence-electron chi connectivity index (χ3n) is 10.5. The van der Waals surface area contributed by atoms with Crippen LogP contribution in [0.1, 0.15) is 75.2 Å². The second kappa shape index (κ2) is 17.1. The Morgan fingerprint density at radius 1 is 0.897 bits per heavy atom. The Kier molecular flexibility index (Phi) is 11.3. The number of rotatable bonds is 18. The first-order chi connectivity index (χ1) is 28.3. The molecule has 3 aromatic heterocycles. The van der Waals surface area contributed by atoms with Gasteiger partial charge < -0.3 is 30.2 Å². The number of anilines is 2. The molecule has 58 heavy (non-hydrogen) atoms. The molecule has 5 heterocycles. The molecule has 18 heteroatoms. The lowest BCUT2D eigenvalue weighted by molar-refractivity contribution is -0.136. The van der Waals surface area contributed by atoms with Crippen LogP contribution in [0.3, 0.4) is 0 Å². The molecule has 0 spiro atoms. The second-order valence-corrected chi connectivity index (χ2v) is 14.7. The number of hydrogen-bond donors (Lipinski definition) is 4.